The zero-order valence-corrected chi connectivity index (χ0v) is 10.4. The molecule has 0 aromatic heterocycles. The Bertz CT molecular complexity index is 464. The molecule has 104 valence electrons. The number of aliphatic hydroxyl groups excluding tert-OH is 1. The van der Waals surface area contributed by atoms with Crippen molar-refractivity contribution in [1.29, 1.82) is 0 Å². The normalized spacial score (nSPS) is 18.2. The molecular formula is C12H16FN3O3. The highest BCUT2D eigenvalue weighted by molar-refractivity contribution is 5.42. The van der Waals surface area contributed by atoms with Gasteiger partial charge in [-0.1, -0.05) is 0 Å². The van der Waals surface area contributed by atoms with Crippen LogP contribution in [0.2, 0.25) is 0 Å². The molecule has 0 aliphatic carbocycles. The van der Waals surface area contributed by atoms with Gasteiger partial charge in [0.1, 0.15) is 5.82 Å². The molecule has 0 saturated carbocycles. The fourth-order valence-corrected chi connectivity index (χ4v) is 2.36. The predicted molar refractivity (Wildman–Crippen MR) is 67.3 cm³/mol. The number of nitro benzene ring substituents is 1. The maximum atomic E-state index is 13.1. The van der Waals surface area contributed by atoms with Crippen LogP contribution in [0.15, 0.2) is 18.2 Å². The summed E-state index contributed by atoms with van der Waals surface area (Å²) in [6, 6.07) is 3.01. The van der Waals surface area contributed by atoms with Crippen LogP contribution in [0.1, 0.15) is 11.6 Å². The lowest BCUT2D eigenvalue weighted by Crippen LogP contribution is -2.46. The van der Waals surface area contributed by atoms with Crippen molar-refractivity contribution in [1.82, 2.24) is 10.2 Å². The number of nitrogens with zero attached hydrogens (tertiary/aromatic N) is 2. The molecule has 6 nitrogen and oxygen atoms in total. The van der Waals surface area contributed by atoms with E-state index in [1.807, 2.05) is 4.90 Å². The summed E-state index contributed by atoms with van der Waals surface area (Å²) in [6.45, 7) is 2.70. The quantitative estimate of drug-likeness (QED) is 0.620. The molecule has 0 unspecified atom stereocenters. The molecule has 1 aromatic rings. The third-order valence-corrected chi connectivity index (χ3v) is 3.31. The number of nitro groups is 1. The summed E-state index contributed by atoms with van der Waals surface area (Å²) in [4.78, 5) is 12.4. The van der Waals surface area contributed by atoms with E-state index in [0.717, 1.165) is 19.2 Å². The van der Waals surface area contributed by atoms with Gasteiger partial charge in [-0.15, -0.1) is 0 Å². The maximum Gasteiger partial charge on any atom is 0.277 e. The van der Waals surface area contributed by atoms with Crippen molar-refractivity contribution in [2.75, 3.05) is 32.8 Å². The van der Waals surface area contributed by atoms with E-state index in [2.05, 4.69) is 5.32 Å². The largest absolute Gasteiger partial charge is 0.394 e. The number of hydrogen-bond acceptors (Lipinski definition) is 5. The zero-order chi connectivity index (χ0) is 13.8. The lowest BCUT2D eigenvalue weighted by molar-refractivity contribution is -0.386. The van der Waals surface area contributed by atoms with Crippen LogP contribution in [0.4, 0.5) is 10.1 Å². The number of rotatable bonds is 4. The van der Waals surface area contributed by atoms with Gasteiger partial charge in [-0.25, -0.2) is 4.39 Å². The second-order valence-electron chi connectivity index (χ2n) is 4.44. The van der Waals surface area contributed by atoms with Crippen LogP contribution in [0, 0.1) is 15.9 Å². The van der Waals surface area contributed by atoms with Gasteiger partial charge < -0.3 is 10.4 Å². The Balaban J connectivity index is 2.34. The highest BCUT2D eigenvalue weighted by Crippen LogP contribution is 2.29. The molecule has 1 aromatic carbocycles. The standard InChI is InChI=1S/C12H16FN3O3/c13-9-1-2-10(11(7-9)16(18)19)12(8-17)15-5-3-14-4-6-15/h1-2,7,12,14,17H,3-6,8H2/t12-/m1/s1. The fourth-order valence-electron chi connectivity index (χ4n) is 2.36. The molecule has 1 fully saturated rings. The summed E-state index contributed by atoms with van der Waals surface area (Å²) in [5.74, 6) is -0.646. The maximum absolute atomic E-state index is 13.1. The molecule has 0 amide bonds. The van der Waals surface area contributed by atoms with Crippen LogP contribution in [0.3, 0.4) is 0 Å². The first kappa shape index (κ1) is 13.9. The molecule has 1 aliphatic heterocycles. The Labute approximate surface area is 110 Å². The molecule has 19 heavy (non-hydrogen) atoms. The number of nitrogens with one attached hydrogen (secondary N) is 1. The van der Waals surface area contributed by atoms with E-state index < -0.39 is 16.8 Å². The average Bonchev–Trinajstić information content (AvgIpc) is 2.42. The molecule has 0 bridgehead atoms. The van der Waals surface area contributed by atoms with Gasteiger partial charge in [0.2, 0.25) is 0 Å². The predicted octanol–water partition coefficient (Wildman–Crippen LogP) is 0.672. The van der Waals surface area contributed by atoms with Crippen LogP contribution < -0.4 is 5.32 Å². The minimum Gasteiger partial charge on any atom is -0.394 e. The summed E-state index contributed by atoms with van der Waals surface area (Å²) in [7, 11) is 0. The van der Waals surface area contributed by atoms with E-state index in [9.17, 15) is 19.6 Å². The highest BCUT2D eigenvalue weighted by Gasteiger charge is 2.28. The fraction of sp³-hybridized carbons (Fsp3) is 0.500. The number of halogens is 1. The number of benzene rings is 1. The molecular weight excluding hydrogens is 253 g/mol. The van der Waals surface area contributed by atoms with Crippen molar-refractivity contribution < 1.29 is 14.4 Å². The van der Waals surface area contributed by atoms with Crippen molar-refractivity contribution in [2.45, 2.75) is 6.04 Å². The van der Waals surface area contributed by atoms with Gasteiger partial charge in [0.15, 0.2) is 0 Å². The van der Waals surface area contributed by atoms with Gasteiger partial charge in [0, 0.05) is 31.7 Å². The summed E-state index contributed by atoms with van der Waals surface area (Å²) < 4.78 is 13.1. The smallest absolute Gasteiger partial charge is 0.277 e. The Morgan fingerprint density at radius 1 is 1.47 bits per heavy atom. The number of hydrogen-bond donors (Lipinski definition) is 2. The van der Waals surface area contributed by atoms with E-state index in [4.69, 9.17) is 0 Å². The van der Waals surface area contributed by atoms with Crippen molar-refractivity contribution >= 4 is 5.69 Å². The second kappa shape index (κ2) is 6.05. The van der Waals surface area contributed by atoms with Gasteiger partial charge in [0.05, 0.1) is 23.6 Å². The topological polar surface area (TPSA) is 78.6 Å². The lowest BCUT2D eigenvalue weighted by atomic mass is 10.0. The average molecular weight is 269 g/mol. The van der Waals surface area contributed by atoms with Crippen molar-refractivity contribution in [3.8, 4) is 0 Å². The Morgan fingerprint density at radius 2 is 2.16 bits per heavy atom. The SMILES string of the molecule is O=[N+]([O-])c1cc(F)ccc1[C@@H](CO)N1CCNCC1. The van der Waals surface area contributed by atoms with Crippen LogP contribution in [-0.2, 0) is 0 Å². The minimum absolute atomic E-state index is 0.230. The molecule has 1 saturated heterocycles. The monoisotopic (exact) mass is 269 g/mol. The van der Waals surface area contributed by atoms with E-state index in [0.29, 0.717) is 18.7 Å². The molecule has 1 aliphatic rings. The summed E-state index contributed by atoms with van der Waals surface area (Å²) in [5, 5.41) is 23.7. The third-order valence-electron chi connectivity index (χ3n) is 3.31. The molecule has 0 spiro atoms. The molecule has 7 heteroatoms. The van der Waals surface area contributed by atoms with Gasteiger partial charge in [0.25, 0.3) is 5.69 Å². The second-order valence-corrected chi connectivity index (χ2v) is 4.44. The first-order valence-corrected chi connectivity index (χ1v) is 6.13. The molecule has 1 atom stereocenters. The van der Waals surface area contributed by atoms with Gasteiger partial charge in [-0.05, 0) is 12.1 Å². The molecule has 1 heterocycles. The Kier molecular flexibility index (Phi) is 4.41. The van der Waals surface area contributed by atoms with E-state index in [1.54, 1.807) is 0 Å². The van der Waals surface area contributed by atoms with E-state index >= 15 is 0 Å². The lowest BCUT2D eigenvalue weighted by Gasteiger charge is -2.33. The molecule has 0 radical (unpaired) electrons. The number of piperazine rings is 1. The van der Waals surface area contributed by atoms with Gasteiger partial charge in [-0.3, -0.25) is 15.0 Å². The highest BCUT2D eigenvalue weighted by atomic mass is 19.1. The van der Waals surface area contributed by atoms with Crippen molar-refractivity contribution in [3.63, 3.8) is 0 Å². The van der Waals surface area contributed by atoms with Crippen LogP contribution >= 0.6 is 0 Å². The summed E-state index contributed by atoms with van der Waals surface area (Å²) in [5.41, 5.74) is 0.0772. The van der Waals surface area contributed by atoms with Gasteiger partial charge in [-0.2, -0.15) is 0 Å². The minimum atomic E-state index is -0.646. The Hall–Kier alpha value is -1.57. The first-order chi connectivity index (χ1) is 9.13. The Morgan fingerprint density at radius 3 is 2.74 bits per heavy atom. The zero-order valence-electron chi connectivity index (χ0n) is 10.4. The first-order valence-electron chi connectivity index (χ1n) is 6.13. The molecule has 2 N–H and O–H groups in total. The van der Waals surface area contributed by atoms with E-state index in [1.165, 1.54) is 12.1 Å². The van der Waals surface area contributed by atoms with Crippen LogP contribution in [-0.4, -0.2) is 47.7 Å². The summed E-state index contributed by atoms with van der Waals surface area (Å²) in [6.07, 6.45) is 0. The molecule has 2 rings (SSSR count). The summed E-state index contributed by atoms with van der Waals surface area (Å²) >= 11 is 0. The van der Waals surface area contributed by atoms with Crippen LogP contribution in [0.5, 0.6) is 0 Å². The van der Waals surface area contributed by atoms with Crippen molar-refractivity contribution in [3.05, 3.63) is 39.7 Å². The number of aliphatic hydroxyl groups is 1. The van der Waals surface area contributed by atoms with E-state index in [-0.39, 0.29) is 12.3 Å². The third kappa shape index (κ3) is 3.06. The van der Waals surface area contributed by atoms with Crippen LogP contribution in [0.25, 0.3) is 0 Å². The van der Waals surface area contributed by atoms with Gasteiger partial charge >= 0.3 is 0 Å². The van der Waals surface area contributed by atoms with Crippen molar-refractivity contribution in [2.24, 2.45) is 0 Å².